The van der Waals surface area contributed by atoms with Crippen molar-refractivity contribution < 1.29 is 4.79 Å². The van der Waals surface area contributed by atoms with E-state index in [2.05, 4.69) is 10.6 Å². The fourth-order valence-electron chi connectivity index (χ4n) is 2.72. The zero-order chi connectivity index (χ0) is 14.2. The molecule has 0 spiro atoms. The summed E-state index contributed by atoms with van der Waals surface area (Å²) in [6, 6.07) is 7.69. The minimum atomic E-state index is -0.0556. The Labute approximate surface area is 121 Å². The molecule has 4 heteroatoms. The summed E-state index contributed by atoms with van der Waals surface area (Å²) in [6.07, 6.45) is 7.92. The minimum absolute atomic E-state index is 0.0556. The SMILES string of the molecule is Nc1cccc(C(=O)NCCNC2CCCCCC2)c1. The molecule has 0 unspecified atom stereocenters. The summed E-state index contributed by atoms with van der Waals surface area (Å²) in [5.41, 5.74) is 6.92. The van der Waals surface area contributed by atoms with Crippen LogP contribution in [0.1, 0.15) is 48.9 Å². The lowest BCUT2D eigenvalue weighted by atomic mass is 10.1. The van der Waals surface area contributed by atoms with Crippen molar-refractivity contribution in [3.63, 3.8) is 0 Å². The average molecular weight is 275 g/mol. The molecule has 0 radical (unpaired) electrons. The molecule has 1 aliphatic carbocycles. The smallest absolute Gasteiger partial charge is 0.251 e. The Morgan fingerprint density at radius 1 is 1.15 bits per heavy atom. The number of hydrogen-bond acceptors (Lipinski definition) is 3. The second kappa shape index (κ2) is 7.90. The average Bonchev–Trinajstić information content (AvgIpc) is 2.72. The fraction of sp³-hybridized carbons (Fsp3) is 0.562. The van der Waals surface area contributed by atoms with Gasteiger partial charge in [-0.15, -0.1) is 0 Å². The lowest BCUT2D eigenvalue weighted by Crippen LogP contribution is -2.36. The highest BCUT2D eigenvalue weighted by molar-refractivity contribution is 5.94. The van der Waals surface area contributed by atoms with Crippen molar-refractivity contribution in [3.8, 4) is 0 Å². The lowest BCUT2D eigenvalue weighted by Gasteiger charge is -2.16. The van der Waals surface area contributed by atoms with Gasteiger partial charge in [0.25, 0.3) is 5.91 Å². The van der Waals surface area contributed by atoms with Gasteiger partial charge in [0, 0.05) is 30.4 Å². The predicted octanol–water partition coefficient (Wildman–Crippen LogP) is 2.31. The molecule has 0 bridgehead atoms. The quantitative estimate of drug-likeness (QED) is 0.439. The summed E-state index contributed by atoms with van der Waals surface area (Å²) in [5, 5.41) is 6.46. The van der Waals surface area contributed by atoms with E-state index in [1.807, 2.05) is 0 Å². The van der Waals surface area contributed by atoms with Gasteiger partial charge in [-0.3, -0.25) is 4.79 Å². The van der Waals surface area contributed by atoms with Crippen LogP contribution in [0, 0.1) is 0 Å². The lowest BCUT2D eigenvalue weighted by molar-refractivity contribution is 0.0953. The third kappa shape index (κ3) is 4.85. The molecule has 0 atom stereocenters. The van der Waals surface area contributed by atoms with Crippen molar-refractivity contribution in [2.24, 2.45) is 0 Å². The summed E-state index contributed by atoms with van der Waals surface area (Å²) < 4.78 is 0. The molecule has 1 fully saturated rings. The number of rotatable bonds is 5. The molecule has 110 valence electrons. The first-order valence-electron chi connectivity index (χ1n) is 7.63. The van der Waals surface area contributed by atoms with Gasteiger partial charge in [0.05, 0.1) is 0 Å². The van der Waals surface area contributed by atoms with Gasteiger partial charge in [-0.25, -0.2) is 0 Å². The zero-order valence-corrected chi connectivity index (χ0v) is 12.0. The minimum Gasteiger partial charge on any atom is -0.399 e. The highest BCUT2D eigenvalue weighted by Crippen LogP contribution is 2.16. The van der Waals surface area contributed by atoms with Crippen LogP contribution < -0.4 is 16.4 Å². The molecular weight excluding hydrogens is 250 g/mol. The van der Waals surface area contributed by atoms with Crippen molar-refractivity contribution in [3.05, 3.63) is 29.8 Å². The Kier molecular flexibility index (Phi) is 5.87. The van der Waals surface area contributed by atoms with Crippen LogP contribution in [0.4, 0.5) is 5.69 Å². The maximum absolute atomic E-state index is 11.9. The van der Waals surface area contributed by atoms with E-state index in [0.717, 1.165) is 6.54 Å². The number of carbonyl (C=O) groups is 1. The van der Waals surface area contributed by atoms with Crippen molar-refractivity contribution in [2.45, 2.75) is 44.6 Å². The summed E-state index contributed by atoms with van der Waals surface area (Å²) in [6.45, 7) is 1.49. The first-order valence-corrected chi connectivity index (χ1v) is 7.63. The van der Waals surface area contributed by atoms with Gasteiger partial charge in [0.15, 0.2) is 0 Å². The van der Waals surface area contributed by atoms with Crippen LogP contribution in [0.2, 0.25) is 0 Å². The molecular formula is C16H25N3O. The number of hydrogen-bond donors (Lipinski definition) is 3. The van der Waals surface area contributed by atoms with Gasteiger partial charge >= 0.3 is 0 Å². The van der Waals surface area contributed by atoms with Crippen molar-refractivity contribution in [2.75, 3.05) is 18.8 Å². The van der Waals surface area contributed by atoms with Crippen LogP contribution in [-0.2, 0) is 0 Å². The monoisotopic (exact) mass is 275 g/mol. The van der Waals surface area contributed by atoms with E-state index in [4.69, 9.17) is 5.73 Å². The first-order chi connectivity index (χ1) is 9.75. The Morgan fingerprint density at radius 3 is 2.60 bits per heavy atom. The van der Waals surface area contributed by atoms with Gasteiger partial charge in [-0.05, 0) is 31.0 Å². The molecule has 0 saturated heterocycles. The number of carbonyl (C=O) groups excluding carboxylic acids is 1. The van der Waals surface area contributed by atoms with E-state index < -0.39 is 0 Å². The largest absolute Gasteiger partial charge is 0.399 e. The summed E-state index contributed by atoms with van der Waals surface area (Å²) in [5.74, 6) is -0.0556. The van der Waals surface area contributed by atoms with Crippen molar-refractivity contribution in [1.29, 1.82) is 0 Å². The first kappa shape index (κ1) is 14.9. The predicted molar refractivity (Wildman–Crippen MR) is 82.7 cm³/mol. The van der Waals surface area contributed by atoms with Gasteiger partial charge in [0.1, 0.15) is 0 Å². The highest BCUT2D eigenvalue weighted by atomic mass is 16.1. The van der Waals surface area contributed by atoms with Gasteiger partial charge < -0.3 is 16.4 Å². The molecule has 1 aromatic rings. The molecule has 4 nitrogen and oxygen atoms in total. The molecule has 0 heterocycles. The van der Waals surface area contributed by atoms with E-state index in [1.54, 1.807) is 24.3 Å². The van der Waals surface area contributed by atoms with E-state index in [9.17, 15) is 4.79 Å². The van der Waals surface area contributed by atoms with Gasteiger partial charge in [0.2, 0.25) is 0 Å². The number of benzene rings is 1. The third-order valence-corrected chi connectivity index (χ3v) is 3.85. The molecule has 1 amide bonds. The molecule has 0 aliphatic heterocycles. The molecule has 20 heavy (non-hydrogen) atoms. The van der Waals surface area contributed by atoms with E-state index in [0.29, 0.717) is 23.8 Å². The van der Waals surface area contributed by atoms with Crippen LogP contribution >= 0.6 is 0 Å². The van der Waals surface area contributed by atoms with E-state index in [1.165, 1.54) is 38.5 Å². The van der Waals surface area contributed by atoms with Crippen molar-refractivity contribution >= 4 is 11.6 Å². The highest BCUT2D eigenvalue weighted by Gasteiger charge is 2.11. The molecule has 2 rings (SSSR count). The van der Waals surface area contributed by atoms with Gasteiger partial charge in [-0.1, -0.05) is 31.7 Å². The number of nitrogens with two attached hydrogens (primary N) is 1. The fourth-order valence-corrected chi connectivity index (χ4v) is 2.72. The standard InChI is InChI=1S/C16H25N3O/c17-14-7-5-6-13(12-14)16(20)19-11-10-18-15-8-3-1-2-4-9-15/h5-7,12,15,18H,1-4,8-11,17H2,(H,19,20). The van der Waals surface area contributed by atoms with Crippen LogP contribution in [0.15, 0.2) is 24.3 Å². The van der Waals surface area contributed by atoms with Crippen LogP contribution in [0.25, 0.3) is 0 Å². The van der Waals surface area contributed by atoms with Gasteiger partial charge in [-0.2, -0.15) is 0 Å². The Hall–Kier alpha value is -1.55. The number of nitrogens with one attached hydrogen (secondary N) is 2. The summed E-state index contributed by atoms with van der Waals surface area (Å²) in [7, 11) is 0. The molecule has 0 aromatic heterocycles. The molecule has 1 aliphatic rings. The van der Waals surface area contributed by atoms with E-state index in [-0.39, 0.29) is 5.91 Å². The summed E-state index contributed by atoms with van der Waals surface area (Å²) >= 11 is 0. The number of anilines is 1. The maximum Gasteiger partial charge on any atom is 0.251 e. The molecule has 1 aromatic carbocycles. The second-order valence-electron chi connectivity index (χ2n) is 5.52. The Morgan fingerprint density at radius 2 is 1.90 bits per heavy atom. The van der Waals surface area contributed by atoms with Crippen molar-refractivity contribution in [1.82, 2.24) is 10.6 Å². The number of nitrogen functional groups attached to an aromatic ring is 1. The number of amides is 1. The normalized spacial score (nSPS) is 16.6. The van der Waals surface area contributed by atoms with Crippen LogP contribution in [-0.4, -0.2) is 25.0 Å². The van der Waals surface area contributed by atoms with E-state index >= 15 is 0 Å². The van der Waals surface area contributed by atoms with Crippen LogP contribution in [0.5, 0.6) is 0 Å². The summed E-state index contributed by atoms with van der Waals surface area (Å²) in [4.78, 5) is 11.9. The Bertz CT molecular complexity index is 425. The van der Waals surface area contributed by atoms with Crippen LogP contribution in [0.3, 0.4) is 0 Å². The second-order valence-corrected chi connectivity index (χ2v) is 5.52. The molecule has 1 saturated carbocycles. The maximum atomic E-state index is 11.9. The molecule has 4 N–H and O–H groups in total. The zero-order valence-electron chi connectivity index (χ0n) is 12.0. The topological polar surface area (TPSA) is 67.2 Å². The Balaban J connectivity index is 1.66. The third-order valence-electron chi connectivity index (χ3n) is 3.85.